The first-order chi connectivity index (χ1) is 37.2. The molecule has 0 aromatic rings. The Labute approximate surface area is 472 Å². The van der Waals surface area contributed by atoms with Crippen LogP contribution < -0.4 is 10.6 Å². The van der Waals surface area contributed by atoms with E-state index in [4.69, 9.17) is 18.9 Å². The van der Waals surface area contributed by atoms with Gasteiger partial charge in [-0.05, 0) is 194 Å². The molecular formula is C68H104N2O8. The minimum Gasteiger partial charge on any atom is -0.461 e. The van der Waals surface area contributed by atoms with Crippen molar-refractivity contribution in [1.29, 1.82) is 0 Å². The quantitative estimate of drug-likeness (QED) is 0.0405. The molecule has 0 bridgehead atoms. The number of fused-ring (bicyclic) bond motifs is 10. The predicted octanol–water partition coefficient (Wildman–Crippen LogP) is 15.1. The minimum atomic E-state index is -0.693. The Hall–Kier alpha value is -3.92. The lowest BCUT2D eigenvalue weighted by Crippen LogP contribution is -2.51. The molecule has 434 valence electrons. The summed E-state index contributed by atoms with van der Waals surface area (Å²) in [7, 11) is 0. The van der Waals surface area contributed by atoms with Crippen molar-refractivity contribution in [2.45, 2.75) is 236 Å². The van der Waals surface area contributed by atoms with E-state index in [9.17, 15) is 19.2 Å². The number of esters is 2. The fourth-order valence-corrected chi connectivity index (χ4v) is 19.0. The summed E-state index contributed by atoms with van der Waals surface area (Å²) in [6.45, 7) is 24.4. The number of hydrogen-bond acceptors (Lipinski definition) is 8. The van der Waals surface area contributed by atoms with Crippen LogP contribution in [0.3, 0.4) is 0 Å². The second-order valence-corrected chi connectivity index (χ2v) is 28.4. The number of rotatable bonds is 20. The Morgan fingerprint density at radius 2 is 0.949 bits per heavy atom. The number of carbonyl (C=O) groups excluding carboxylic acids is 4. The van der Waals surface area contributed by atoms with Crippen molar-refractivity contribution < 1.29 is 38.1 Å². The largest absolute Gasteiger partial charge is 0.461 e. The van der Waals surface area contributed by atoms with Gasteiger partial charge in [0.1, 0.15) is 38.5 Å². The third-order valence-electron chi connectivity index (χ3n) is 23.0. The van der Waals surface area contributed by atoms with Gasteiger partial charge < -0.3 is 29.6 Å². The maximum absolute atomic E-state index is 12.9. The summed E-state index contributed by atoms with van der Waals surface area (Å²) in [5, 5.41) is 5.05. The summed E-state index contributed by atoms with van der Waals surface area (Å²) >= 11 is 0. The molecule has 8 rings (SSSR count). The Morgan fingerprint density at radius 1 is 0.538 bits per heavy atom. The molecule has 0 unspecified atom stereocenters. The maximum Gasteiger partial charge on any atom is 0.407 e. The summed E-state index contributed by atoms with van der Waals surface area (Å²) < 4.78 is 22.3. The van der Waals surface area contributed by atoms with Crippen LogP contribution >= 0.6 is 0 Å². The van der Waals surface area contributed by atoms with Gasteiger partial charge in [-0.25, -0.2) is 9.59 Å². The monoisotopic (exact) mass is 1080 g/mol. The predicted molar refractivity (Wildman–Crippen MR) is 309 cm³/mol. The number of hydrogen-bond donors (Lipinski definition) is 2. The lowest BCUT2D eigenvalue weighted by molar-refractivity contribution is -0.151. The van der Waals surface area contributed by atoms with Crippen molar-refractivity contribution in [2.75, 3.05) is 26.3 Å². The van der Waals surface area contributed by atoms with E-state index in [1.54, 1.807) is 0 Å². The van der Waals surface area contributed by atoms with Gasteiger partial charge in [-0.15, -0.1) is 0 Å². The number of nitrogens with one attached hydrogen (secondary N) is 2. The van der Waals surface area contributed by atoms with Gasteiger partial charge in [-0.3, -0.25) is 9.59 Å². The van der Waals surface area contributed by atoms with Crippen LogP contribution in [-0.4, -0.2) is 62.6 Å². The van der Waals surface area contributed by atoms with Crippen LogP contribution in [0.1, 0.15) is 223 Å². The molecule has 6 saturated carbocycles. The average molecular weight is 1080 g/mol. The number of carbonyl (C=O) groups is 4. The molecule has 16 atom stereocenters. The van der Waals surface area contributed by atoms with Gasteiger partial charge in [0.2, 0.25) is 0 Å². The molecule has 8 aliphatic rings. The van der Waals surface area contributed by atoms with Gasteiger partial charge in [-0.1, -0.05) is 143 Å². The van der Waals surface area contributed by atoms with Crippen molar-refractivity contribution >= 4 is 24.1 Å². The zero-order valence-electron chi connectivity index (χ0n) is 50.3. The Kier molecular flexibility index (Phi) is 20.3. The number of alkyl carbamates (subject to hydrolysis) is 2. The number of ether oxygens (including phenoxy) is 4. The van der Waals surface area contributed by atoms with Crippen molar-refractivity contribution in [3.8, 4) is 23.7 Å². The van der Waals surface area contributed by atoms with E-state index in [2.05, 4.69) is 116 Å². The summed E-state index contributed by atoms with van der Waals surface area (Å²) in [5.74, 6) is 19.7. The van der Waals surface area contributed by atoms with Crippen LogP contribution in [0.15, 0.2) is 23.3 Å². The van der Waals surface area contributed by atoms with E-state index in [0.29, 0.717) is 22.7 Å². The van der Waals surface area contributed by atoms with Crippen molar-refractivity contribution in [3.05, 3.63) is 23.3 Å². The molecule has 0 aromatic heterocycles. The zero-order valence-corrected chi connectivity index (χ0v) is 50.3. The van der Waals surface area contributed by atoms with Crippen molar-refractivity contribution in [2.24, 2.45) is 92.7 Å². The molecule has 10 nitrogen and oxygen atoms in total. The topological polar surface area (TPSA) is 129 Å². The van der Waals surface area contributed by atoms with E-state index in [1.165, 1.54) is 101 Å². The standard InChI is InChI=1S/C68H104N2O8/c1-45(2)19-17-21-47(5)55-27-29-57-53-25-23-49-41-51(31-35-65(49,7)59(53)33-37-67(55,57)9)77-61(71)43-69-63(73)75-39-15-13-11-12-14-16-40-76-64(74)70-44-62(72)78-52-32-36-66(8)50(42-52)24-26-54-58-30-28-56(48(6)22-18-20-46(3)4)68(58,10)38-34-60(54)66/h23-24,45-48,51-60H,15-22,25-44H2,1-10H3,(H,69,73)(H,70,74)/t47-,48-,51+,52+,53+,54+,55-,56-,57+,58+,59+,60+,65+,66+,67-,68-/m1/s1. The molecular weight excluding hydrogens is 973 g/mol. The molecule has 2 amide bonds. The first kappa shape index (κ1) is 60.2. The molecule has 0 spiro atoms. The highest BCUT2D eigenvalue weighted by molar-refractivity contribution is 5.78. The van der Waals surface area contributed by atoms with Crippen LogP contribution in [0.5, 0.6) is 0 Å². The second kappa shape index (κ2) is 26.3. The molecule has 0 saturated heterocycles. The van der Waals surface area contributed by atoms with E-state index in [1.807, 2.05) is 0 Å². The molecule has 8 aliphatic carbocycles. The van der Waals surface area contributed by atoms with Gasteiger partial charge in [0.25, 0.3) is 0 Å². The third-order valence-corrected chi connectivity index (χ3v) is 23.0. The highest BCUT2D eigenvalue weighted by Crippen LogP contribution is 2.69. The molecule has 0 heterocycles. The maximum atomic E-state index is 12.9. The van der Waals surface area contributed by atoms with Crippen LogP contribution in [0.4, 0.5) is 9.59 Å². The molecule has 6 fully saturated rings. The Morgan fingerprint density at radius 3 is 1.35 bits per heavy atom. The van der Waals surface area contributed by atoms with Crippen LogP contribution in [0, 0.1) is 116 Å². The molecule has 0 aliphatic heterocycles. The Balaban J connectivity index is 0.653. The SMILES string of the molecule is CC(C)CCC[C@@H](C)[C@H]1CC[C@H]2[C@@H]3CC=C4C[C@@H](OC(=O)CNC(=O)OCCC#CC#CCCOC(=O)NCC(=O)O[C@H]5CC[C@@]6(C)C(=CC[C@H]7[C@@H]8CC[C@H]([C@H](C)CCCC(C)C)[C@@]8(C)CC[C@@H]76)C5)CC[C@]4(C)[C@H]3CC[C@]12C. The van der Waals surface area contributed by atoms with Crippen LogP contribution in [0.2, 0.25) is 0 Å². The molecule has 10 heteroatoms. The zero-order chi connectivity index (χ0) is 55.8. The fraction of sp³-hybridized carbons (Fsp3) is 0.824. The molecule has 78 heavy (non-hydrogen) atoms. The van der Waals surface area contributed by atoms with Crippen LogP contribution in [0.25, 0.3) is 0 Å². The Bertz CT molecular complexity index is 2140. The average Bonchev–Trinajstić information content (AvgIpc) is 4.12. The van der Waals surface area contributed by atoms with E-state index >= 15 is 0 Å². The number of amides is 2. The van der Waals surface area contributed by atoms with Crippen molar-refractivity contribution in [3.63, 3.8) is 0 Å². The summed E-state index contributed by atoms with van der Waals surface area (Å²) in [6.07, 6.45) is 30.6. The summed E-state index contributed by atoms with van der Waals surface area (Å²) in [6, 6.07) is 0. The minimum absolute atomic E-state index is 0.0500. The van der Waals surface area contributed by atoms with Gasteiger partial charge in [0.15, 0.2) is 0 Å². The molecule has 0 aromatic carbocycles. The second-order valence-electron chi connectivity index (χ2n) is 28.4. The normalized spacial score (nSPS) is 36.1. The fourth-order valence-electron chi connectivity index (χ4n) is 19.0. The highest BCUT2D eigenvalue weighted by Gasteiger charge is 2.61. The van der Waals surface area contributed by atoms with E-state index in [-0.39, 0.29) is 62.2 Å². The van der Waals surface area contributed by atoms with Gasteiger partial charge in [0.05, 0.1) is 0 Å². The van der Waals surface area contributed by atoms with Crippen LogP contribution in [-0.2, 0) is 28.5 Å². The first-order valence-corrected chi connectivity index (χ1v) is 31.8. The van der Waals surface area contributed by atoms with Crippen molar-refractivity contribution in [1.82, 2.24) is 10.6 Å². The summed E-state index contributed by atoms with van der Waals surface area (Å²) in [4.78, 5) is 50.4. The molecule has 0 radical (unpaired) electrons. The highest BCUT2D eigenvalue weighted by atomic mass is 16.6. The lowest BCUT2D eigenvalue weighted by atomic mass is 9.47. The summed E-state index contributed by atoms with van der Waals surface area (Å²) in [5.41, 5.74) is 4.25. The lowest BCUT2D eigenvalue weighted by Gasteiger charge is -2.58. The third kappa shape index (κ3) is 13.7. The van der Waals surface area contributed by atoms with Gasteiger partial charge in [0, 0.05) is 25.7 Å². The molecule has 2 N–H and O–H groups in total. The number of allylic oxidation sites excluding steroid dienone is 2. The van der Waals surface area contributed by atoms with E-state index in [0.717, 1.165) is 111 Å². The first-order valence-electron chi connectivity index (χ1n) is 31.8. The smallest absolute Gasteiger partial charge is 0.407 e. The van der Waals surface area contributed by atoms with Gasteiger partial charge >= 0.3 is 24.1 Å². The van der Waals surface area contributed by atoms with E-state index < -0.39 is 24.1 Å². The van der Waals surface area contributed by atoms with Gasteiger partial charge in [-0.2, -0.15) is 0 Å².